The molecular formula is C19H21N3O4S. The molecule has 0 unspecified atom stereocenters. The molecule has 2 aromatic rings. The van der Waals surface area contributed by atoms with Gasteiger partial charge in [0.05, 0.1) is 4.90 Å². The minimum absolute atomic E-state index is 0.155. The van der Waals surface area contributed by atoms with Gasteiger partial charge in [-0.3, -0.25) is 9.59 Å². The van der Waals surface area contributed by atoms with Gasteiger partial charge in [0.15, 0.2) is 0 Å². The van der Waals surface area contributed by atoms with Gasteiger partial charge in [-0.2, -0.15) is 0 Å². The molecule has 0 heterocycles. The summed E-state index contributed by atoms with van der Waals surface area (Å²) in [6.07, 6.45) is 2.95. The van der Waals surface area contributed by atoms with Crippen LogP contribution in [0.15, 0.2) is 59.5 Å². The van der Waals surface area contributed by atoms with Crippen LogP contribution in [0.4, 0.5) is 0 Å². The van der Waals surface area contributed by atoms with Gasteiger partial charge in [-0.05, 0) is 48.5 Å². The van der Waals surface area contributed by atoms with Crippen LogP contribution in [0.5, 0.6) is 0 Å². The Hall–Kier alpha value is -2.97. The quantitative estimate of drug-likeness (QED) is 0.623. The van der Waals surface area contributed by atoms with Crippen molar-refractivity contribution in [1.29, 1.82) is 0 Å². The highest BCUT2D eigenvalue weighted by molar-refractivity contribution is 7.89. The van der Waals surface area contributed by atoms with E-state index >= 15 is 0 Å². The molecule has 0 spiro atoms. The lowest BCUT2D eigenvalue weighted by atomic mass is 10.1. The molecule has 0 fully saturated rings. The fourth-order valence-electron chi connectivity index (χ4n) is 2.26. The van der Waals surface area contributed by atoms with Crippen LogP contribution in [0.1, 0.15) is 21.5 Å². The number of nitrogens with one attached hydrogen (secondary N) is 3. The Labute approximate surface area is 158 Å². The zero-order valence-electron chi connectivity index (χ0n) is 15.0. The lowest BCUT2D eigenvalue weighted by Gasteiger charge is -2.05. The van der Waals surface area contributed by atoms with E-state index in [1.807, 2.05) is 6.07 Å². The molecule has 0 radical (unpaired) electrons. The first-order valence-corrected chi connectivity index (χ1v) is 9.64. The number of sulfonamides is 1. The molecule has 2 rings (SSSR count). The van der Waals surface area contributed by atoms with Crippen molar-refractivity contribution in [3.05, 3.63) is 71.3 Å². The fraction of sp³-hybridized carbons (Fsp3) is 0.158. The van der Waals surface area contributed by atoms with Crippen molar-refractivity contribution in [2.45, 2.75) is 11.4 Å². The van der Waals surface area contributed by atoms with E-state index in [4.69, 9.17) is 0 Å². The summed E-state index contributed by atoms with van der Waals surface area (Å²) in [7, 11) is -0.576. The van der Waals surface area contributed by atoms with E-state index in [0.29, 0.717) is 11.1 Å². The molecule has 7 nitrogen and oxygen atoms in total. The lowest BCUT2D eigenvalue weighted by molar-refractivity contribution is -0.116. The Morgan fingerprint density at radius 2 is 1.74 bits per heavy atom. The Morgan fingerprint density at radius 3 is 2.37 bits per heavy atom. The van der Waals surface area contributed by atoms with Gasteiger partial charge in [0.25, 0.3) is 5.91 Å². The van der Waals surface area contributed by atoms with E-state index in [1.165, 1.54) is 25.3 Å². The number of carbonyl (C=O) groups is 2. The number of benzene rings is 2. The Bertz CT molecular complexity index is 951. The largest absolute Gasteiger partial charge is 0.355 e. The molecule has 2 aromatic carbocycles. The predicted octanol–water partition coefficient (Wildman–Crippen LogP) is 1.28. The molecule has 142 valence electrons. The summed E-state index contributed by atoms with van der Waals surface area (Å²) in [5, 5.41) is 5.28. The highest BCUT2D eigenvalue weighted by Crippen LogP contribution is 2.11. The van der Waals surface area contributed by atoms with Gasteiger partial charge in [0, 0.05) is 25.2 Å². The third-order valence-electron chi connectivity index (χ3n) is 3.77. The maximum absolute atomic E-state index is 12.0. The Kier molecular flexibility index (Phi) is 6.86. The van der Waals surface area contributed by atoms with E-state index in [-0.39, 0.29) is 23.3 Å². The Balaban J connectivity index is 1.95. The van der Waals surface area contributed by atoms with Crippen molar-refractivity contribution < 1.29 is 18.0 Å². The fourth-order valence-corrected chi connectivity index (χ4v) is 2.99. The number of carbonyl (C=O) groups excluding carboxylic acids is 2. The highest BCUT2D eigenvalue weighted by atomic mass is 32.2. The zero-order chi connectivity index (χ0) is 19.9. The van der Waals surface area contributed by atoms with E-state index < -0.39 is 10.0 Å². The minimum Gasteiger partial charge on any atom is -0.355 e. The molecule has 0 saturated carbocycles. The molecule has 8 heteroatoms. The van der Waals surface area contributed by atoms with Crippen LogP contribution in [-0.4, -0.2) is 34.3 Å². The molecule has 0 saturated heterocycles. The molecule has 0 aromatic heterocycles. The first-order chi connectivity index (χ1) is 12.9. The standard InChI is InChI=1S/C19H21N3O4S/c1-20-19(24)16-5-3-4-15(12-16)13-22-18(23)11-8-14-6-9-17(10-7-14)27(25,26)21-2/h3-12,21H,13H2,1-2H3,(H,20,24)(H,22,23)/b11-8+. The van der Waals surface area contributed by atoms with Crippen LogP contribution in [0, 0.1) is 0 Å². The van der Waals surface area contributed by atoms with Crippen molar-refractivity contribution in [3.8, 4) is 0 Å². The summed E-state index contributed by atoms with van der Waals surface area (Å²) < 4.78 is 25.6. The van der Waals surface area contributed by atoms with E-state index in [9.17, 15) is 18.0 Å². The van der Waals surface area contributed by atoms with Gasteiger partial charge in [-0.15, -0.1) is 0 Å². The van der Waals surface area contributed by atoms with Crippen LogP contribution in [0.25, 0.3) is 6.08 Å². The SMILES string of the molecule is CNC(=O)c1cccc(CNC(=O)/C=C/c2ccc(S(=O)(=O)NC)cc2)c1. The van der Waals surface area contributed by atoms with Gasteiger partial charge in [-0.1, -0.05) is 24.3 Å². The van der Waals surface area contributed by atoms with Crippen LogP contribution >= 0.6 is 0 Å². The normalized spacial score (nSPS) is 11.3. The summed E-state index contributed by atoms with van der Waals surface area (Å²) in [5.74, 6) is -0.487. The van der Waals surface area contributed by atoms with Crippen molar-refractivity contribution in [2.24, 2.45) is 0 Å². The third kappa shape index (κ3) is 5.77. The molecular weight excluding hydrogens is 366 g/mol. The van der Waals surface area contributed by atoms with E-state index in [2.05, 4.69) is 15.4 Å². The highest BCUT2D eigenvalue weighted by Gasteiger charge is 2.09. The lowest BCUT2D eigenvalue weighted by Crippen LogP contribution is -2.21. The Morgan fingerprint density at radius 1 is 1.04 bits per heavy atom. The molecule has 27 heavy (non-hydrogen) atoms. The predicted molar refractivity (Wildman–Crippen MR) is 103 cm³/mol. The summed E-state index contributed by atoms with van der Waals surface area (Å²) in [6, 6.07) is 13.1. The van der Waals surface area contributed by atoms with Crippen molar-refractivity contribution in [3.63, 3.8) is 0 Å². The number of rotatable bonds is 7. The van der Waals surface area contributed by atoms with Crippen molar-refractivity contribution in [1.82, 2.24) is 15.4 Å². The monoisotopic (exact) mass is 387 g/mol. The number of amides is 2. The maximum Gasteiger partial charge on any atom is 0.251 e. The molecule has 0 bridgehead atoms. The second-order valence-electron chi connectivity index (χ2n) is 5.61. The van der Waals surface area contributed by atoms with Gasteiger partial charge in [0.2, 0.25) is 15.9 Å². The smallest absolute Gasteiger partial charge is 0.251 e. The number of hydrogen-bond donors (Lipinski definition) is 3. The summed E-state index contributed by atoms with van der Waals surface area (Å²) in [6.45, 7) is 0.285. The van der Waals surface area contributed by atoms with Crippen LogP contribution in [0.2, 0.25) is 0 Å². The molecule has 0 aliphatic rings. The van der Waals surface area contributed by atoms with Crippen LogP contribution in [0.3, 0.4) is 0 Å². The zero-order valence-corrected chi connectivity index (χ0v) is 15.8. The first-order valence-electron chi connectivity index (χ1n) is 8.16. The second kappa shape index (κ2) is 9.11. The maximum atomic E-state index is 12.0. The average Bonchev–Trinajstić information content (AvgIpc) is 2.70. The second-order valence-corrected chi connectivity index (χ2v) is 7.49. The summed E-state index contributed by atoms with van der Waals surface area (Å²) in [4.78, 5) is 23.7. The van der Waals surface area contributed by atoms with Crippen LogP contribution < -0.4 is 15.4 Å². The molecule has 3 N–H and O–H groups in total. The molecule has 0 aliphatic carbocycles. The topological polar surface area (TPSA) is 104 Å². The van der Waals surface area contributed by atoms with Crippen LogP contribution in [-0.2, 0) is 21.4 Å². The third-order valence-corrected chi connectivity index (χ3v) is 5.20. The van der Waals surface area contributed by atoms with Gasteiger partial charge < -0.3 is 10.6 Å². The molecule has 0 aliphatic heterocycles. The molecule has 2 amide bonds. The summed E-state index contributed by atoms with van der Waals surface area (Å²) >= 11 is 0. The van der Waals surface area contributed by atoms with E-state index in [0.717, 1.165) is 5.56 Å². The van der Waals surface area contributed by atoms with Crippen molar-refractivity contribution in [2.75, 3.05) is 14.1 Å². The number of hydrogen-bond acceptors (Lipinski definition) is 4. The summed E-state index contributed by atoms with van der Waals surface area (Å²) in [5.41, 5.74) is 2.03. The van der Waals surface area contributed by atoms with Gasteiger partial charge in [0.1, 0.15) is 0 Å². The average molecular weight is 387 g/mol. The minimum atomic E-state index is -3.48. The van der Waals surface area contributed by atoms with E-state index in [1.54, 1.807) is 43.5 Å². The molecule has 0 atom stereocenters. The van der Waals surface area contributed by atoms with Crippen molar-refractivity contribution >= 4 is 27.9 Å². The first kappa shape index (κ1) is 20.3. The van der Waals surface area contributed by atoms with Gasteiger partial charge in [-0.25, -0.2) is 13.1 Å². The van der Waals surface area contributed by atoms with Gasteiger partial charge >= 0.3 is 0 Å².